The summed E-state index contributed by atoms with van der Waals surface area (Å²) in [7, 11) is 0. The van der Waals surface area contributed by atoms with Gasteiger partial charge < -0.3 is 9.39 Å². The van der Waals surface area contributed by atoms with Crippen LogP contribution in [0.5, 0.6) is 0 Å². The van der Waals surface area contributed by atoms with E-state index in [0.29, 0.717) is 19.3 Å². The Bertz CT molecular complexity index is 144. The molecule has 0 radical (unpaired) electrons. The first kappa shape index (κ1) is 11.5. The predicted molar refractivity (Wildman–Crippen MR) is 55.8 cm³/mol. The van der Waals surface area contributed by atoms with Crippen LogP contribution >= 0.6 is 0 Å². The molecule has 68 valence electrons. The van der Waals surface area contributed by atoms with Crippen LogP contribution in [0.15, 0.2) is 11.9 Å². The second-order valence-corrected chi connectivity index (χ2v) is 3.33. The highest BCUT2D eigenvalue weighted by Gasteiger charge is 2.06. The van der Waals surface area contributed by atoms with Gasteiger partial charge in [0.15, 0.2) is 6.71 Å². The highest BCUT2D eigenvalue weighted by Crippen LogP contribution is 2.03. The van der Waals surface area contributed by atoms with Gasteiger partial charge in [-0.05, 0) is 26.5 Å². The lowest BCUT2D eigenvalue weighted by molar-refractivity contribution is 0.117. The largest absolute Gasteiger partial charge is 0.538 e. The van der Waals surface area contributed by atoms with Gasteiger partial charge in [0.1, 0.15) is 0 Å². The summed E-state index contributed by atoms with van der Waals surface area (Å²) in [5, 5.41) is 0. The zero-order valence-electron chi connectivity index (χ0n) is 8.76. The van der Waals surface area contributed by atoms with Crippen molar-refractivity contribution in [2.24, 2.45) is 0 Å². The van der Waals surface area contributed by atoms with Gasteiger partial charge in [-0.3, -0.25) is 0 Å². The Morgan fingerprint density at radius 3 is 2.17 bits per heavy atom. The molecule has 0 saturated carbocycles. The van der Waals surface area contributed by atoms with E-state index in [1.54, 1.807) is 0 Å². The summed E-state index contributed by atoms with van der Waals surface area (Å²) in [6.45, 7) is 11.4. The van der Waals surface area contributed by atoms with Gasteiger partial charge in [0.2, 0.25) is 5.95 Å². The topological polar surface area (TPSA) is 18.5 Å². The summed E-state index contributed by atoms with van der Waals surface area (Å²) < 4.78 is 10.7. The lowest BCUT2D eigenvalue weighted by Crippen LogP contribution is -2.12. The average Bonchev–Trinajstić information content (AvgIpc) is 1.84. The molecule has 0 saturated heterocycles. The third-order valence-electron chi connectivity index (χ3n) is 1.11. The SMILES string of the molecule is CCO/C(=C/B(C)C)OB(C)C. The van der Waals surface area contributed by atoms with E-state index >= 15 is 0 Å². The fraction of sp³-hybridized carbons (Fsp3) is 0.750. The van der Waals surface area contributed by atoms with Crippen molar-refractivity contribution in [1.82, 2.24) is 0 Å². The van der Waals surface area contributed by atoms with E-state index in [0.717, 1.165) is 0 Å². The molecular weight excluding hydrogens is 150 g/mol. The van der Waals surface area contributed by atoms with Crippen molar-refractivity contribution < 1.29 is 9.39 Å². The maximum absolute atomic E-state index is 5.44. The van der Waals surface area contributed by atoms with Crippen LogP contribution in [0.1, 0.15) is 6.92 Å². The Morgan fingerprint density at radius 2 is 1.83 bits per heavy atom. The van der Waals surface area contributed by atoms with E-state index in [9.17, 15) is 0 Å². The molecule has 0 fully saturated rings. The minimum atomic E-state index is 0.182. The molecule has 0 aromatic carbocycles. The van der Waals surface area contributed by atoms with Crippen LogP contribution in [0.3, 0.4) is 0 Å². The van der Waals surface area contributed by atoms with Crippen LogP contribution in [-0.4, -0.2) is 20.2 Å². The van der Waals surface area contributed by atoms with E-state index in [-0.39, 0.29) is 6.92 Å². The standard InChI is InChI=1S/C8H18B2O2/c1-6-11-8(7-9(2)3)12-10(4)5/h7H,6H2,1-5H3/b8-7-. The lowest BCUT2D eigenvalue weighted by atomic mass is 9.55. The lowest BCUT2D eigenvalue weighted by Gasteiger charge is -2.13. The summed E-state index contributed by atoms with van der Waals surface area (Å²) in [5.74, 6) is 2.64. The molecule has 0 spiro atoms. The summed E-state index contributed by atoms with van der Waals surface area (Å²) in [4.78, 5) is 0. The van der Waals surface area contributed by atoms with Crippen LogP contribution in [0.2, 0.25) is 27.3 Å². The smallest absolute Gasteiger partial charge is 0.355 e. The van der Waals surface area contributed by atoms with Gasteiger partial charge in [-0.15, -0.1) is 0 Å². The summed E-state index contributed by atoms with van der Waals surface area (Å²) in [6, 6.07) is 0. The number of rotatable bonds is 5. The summed E-state index contributed by atoms with van der Waals surface area (Å²) in [5.41, 5.74) is 0. The highest BCUT2D eigenvalue weighted by molar-refractivity contribution is 6.61. The molecule has 0 atom stereocenters. The van der Waals surface area contributed by atoms with Crippen molar-refractivity contribution in [2.45, 2.75) is 34.2 Å². The average molecular weight is 168 g/mol. The zero-order valence-corrected chi connectivity index (χ0v) is 8.76. The molecule has 0 aliphatic carbocycles. The molecule has 0 unspecified atom stereocenters. The van der Waals surface area contributed by atoms with Gasteiger partial charge in [-0.1, -0.05) is 13.6 Å². The summed E-state index contributed by atoms with van der Waals surface area (Å²) in [6.07, 6.45) is 0. The Labute approximate surface area is 76.5 Å². The zero-order chi connectivity index (χ0) is 9.56. The highest BCUT2D eigenvalue weighted by atomic mass is 16.6. The minimum Gasteiger partial charge on any atom is -0.538 e. The fourth-order valence-electron chi connectivity index (χ4n) is 0.768. The Kier molecular flexibility index (Phi) is 5.77. The van der Waals surface area contributed by atoms with Crippen molar-refractivity contribution in [3.63, 3.8) is 0 Å². The third kappa shape index (κ3) is 6.20. The van der Waals surface area contributed by atoms with Crippen LogP contribution in [0, 0.1) is 0 Å². The first-order chi connectivity index (χ1) is 5.56. The number of ether oxygens (including phenoxy) is 1. The summed E-state index contributed by atoms with van der Waals surface area (Å²) >= 11 is 0. The van der Waals surface area contributed by atoms with Crippen molar-refractivity contribution in [2.75, 3.05) is 6.61 Å². The van der Waals surface area contributed by atoms with E-state index < -0.39 is 0 Å². The Balaban J connectivity index is 4.03. The molecule has 0 bridgehead atoms. The van der Waals surface area contributed by atoms with Crippen molar-refractivity contribution >= 4 is 13.6 Å². The van der Waals surface area contributed by atoms with Crippen LogP contribution in [0.25, 0.3) is 0 Å². The molecule has 0 amide bonds. The molecule has 2 nitrogen and oxygen atoms in total. The van der Waals surface area contributed by atoms with Crippen molar-refractivity contribution in [3.05, 3.63) is 11.9 Å². The monoisotopic (exact) mass is 168 g/mol. The molecular formula is C8H18B2O2. The predicted octanol–water partition coefficient (Wildman–Crippen LogP) is 2.43. The van der Waals surface area contributed by atoms with Gasteiger partial charge >= 0.3 is 6.92 Å². The Morgan fingerprint density at radius 1 is 1.25 bits per heavy atom. The number of hydrogen-bond acceptors (Lipinski definition) is 2. The molecule has 0 aromatic heterocycles. The van der Waals surface area contributed by atoms with Gasteiger partial charge in [0.25, 0.3) is 0 Å². The van der Waals surface area contributed by atoms with E-state index in [2.05, 4.69) is 13.6 Å². The third-order valence-corrected chi connectivity index (χ3v) is 1.11. The molecule has 12 heavy (non-hydrogen) atoms. The van der Waals surface area contributed by atoms with Gasteiger partial charge in [0, 0.05) is 0 Å². The first-order valence-corrected chi connectivity index (χ1v) is 4.57. The molecule has 4 heteroatoms. The molecule has 0 aliphatic rings. The maximum Gasteiger partial charge on any atom is 0.355 e. The molecule has 0 aliphatic heterocycles. The second-order valence-electron chi connectivity index (χ2n) is 3.33. The number of hydrogen-bond donors (Lipinski definition) is 0. The van der Waals surface area contributed by atoms with Crippen LogP contribution in [0.4, 0.5) is 0 Å². The maximum atomic E-state index is 5.44. The van der Waals surface area contributed by atoms with Crippen LogP contribution < -0.4 is 0 Å². The molecule has 0 rings (SSSR count). The molecule has 0 heterocycles. The molecule has 0 N–H and O–H groups in total. The minimum absolute atomic E-state index is 0.182. The second kappa shape index (κ2) is 6.04. The van der Waals surface area contributed by atoms with E-state index in [1.807, 2.05) is 26.5 Å². The van der Waals surface area contributed by atoms with Gasteiger partial charge in [-0.25, -0.2) is 0 Å². The molecule has 0 aromatic rings. The van der Waals surface area contributed by atoms with Gasteiger partial charge in [0.05, 0.1) is 6.61 Å². The first-order valence-electron chi connectivity index (χ1n) is 4.57. The van der Waals surface area contributed by atoms with E-state index in [1.165, 1.54) is 0 Å². The quantitative estimate of drug-likeness (QED) is 0.463. The van der Waals surface area contributed by atoms with Crippen molar-refractivity contribution in [1.29, 1.82) is 0 Å². The fourth-order valence-corrected chi connectivity index (χ4v) is 0.768. The Hall–Kier alpha value is -0.530. The van der Waals surface area contributed by atoms with Crippen molar-refractivity contribution in [3.8, 4) is 0 Å². The normalized spacial score (nSPS) is 10.9. The van der Waals surface area contributed by atoms with E-state index in [4.69, 9.17) is 9.39 Å². The van der Waals surface area contributed by atoms with Crippen LogP contribution in [-0.2, 0) is 9.39 Å². The van der Waals surface area contributed by atoms with Gasteiger partial charge in [-0.2, -0.15) is 0 Å².